The molecule has 3 aromatic rings. The summed E-state index contributed by atoms with van der Waals surface area (Å²) in [6.07, 6.45) is 2.02. The van der Waals surface area contributed by atoms with Gasteiger partial charge in [0.15, 0.2) is 0 Å². The van der Waals surface area contributed by atoms with Crippen molar-refractivity contribution in [2.45, 2.75) is 31.6 Å². The maximum absolute atomic E-state index is 13.1. The minimum Gasteiger partial charge on any atom is -0.494 e. The number of benzene rings is 2. The van der Waals surface area contributed by atoms with E-state index in [0.717, 1.165) is 18.7 Å². The lowest BCUT2D eigenvalue weighted by Crippen LogP contribution is -2.49. The molecule has 1 aliphatic rings. The van der Waals surface area contributed by atoms with Gasteiger partial charge in [0.25, 0.3) is 0 Å². The number of hydrogen-bond acceptors (Lipinski definition) is 7. The number of rotatable bonds is 9. The molecule has 2 aromatic carbocycles. The fourth-order valence-electron chi connectivity index (χ4n) is 3.70. The Balaban J connectivity index is 1.40. The Hall–Kier alpha value is -3.17. The molecule has 0 saturated carbocycles. The van der Waals surface area contributed by atoms with Gasteiger partial charge in [0.05, 0.1) is 11.5 Å². The largest absolute Gasteiger partial charge is 0.494 e. The summed E-state index contributed by atoms with van der Waals surface area (Å²) < 4.78 is 39.3. The van der Waals surface area contributed by atoms with Crippen LogP contribution in [-0.2, 0) is 10.0 Å². The van der Waals surface area contributed by atoms with Crippen LogP contribution < -0.4 is 14.4 Å². The van der Waals surface area contributed by atoms with Crippen LogP contribution >= 0.6 is 0 Å². The van der Waals surface area contributed by atoms with Gasteiger partial charge in [-0.3, -0.25) is 0 Å². The summed E-state index contributed by atoms with van der Waals surface area (Å²) in [5.41, 5.74) is 0. The highest BCUT2D eigenvalue weighted by Crippen LogP contribution is 2.26. The highest BCUT2D eigenvalue weighted by atomic mass is 32.2. The molecule has 1 aromatic heterocycles. The fraction of sp³-hybridized carbons (Fsp3) is 0.360. The zero-order valence-corrected chi connectivity index (χ0v) is 20.4. The number of ether oxygens (including phenoxy) is 2. The molecule has 0 spiro atoms. The average Bonchev–Trinajstić information content (AvgIpc) is 2.85. The van der Waals surface area contributed by atoms with Gasteiger partial charge in [-0.05, 0) is 49.7 Å². The molecule has 0 bridgehead atoms. The van der Waals surface area contributed by atoms with Crippen molar-refractivity contribution in [2.75, 3.05) is 37.7 Å². The van der Waals surface area contributed by atoms with Crippen LogP contribution in [0.15, 0.2) is 65.6 Å². The van der Waals surface area contributed by atoms with E-state index < -0.39 is 10.0 Å². The van der Waals surface area contributed by atoms with Crippen molar-refractivity contribution in [3.63, 3.8) is 0 Å². The van der Waals surface area contributed by atoms with Crippen LogP contribution in [0.1, 0.15) is 25.6 Å². The van der Waals surface area contributed by atoms with Gasteiger partial charge in [-0.25, -0.2) is 13.4 Å². The van der Waals surface area contributed by atoms with Gasteiger partial charge in [-0.15, -0.1) is 0 Å². The Labute approximate surface area is 201 Å². The number of unbranched alkanes of at least 4 members (excludes halogenated alkanes) is 1. The molecule has 0 aliphatic carbocycles. The molecule has 2 heterocycles. The summed E-state index contributed by atoms with van der Waals surface area (Å²) in [7, 11) is -3.57. The van der Waals surface area contributed by atoms with Crippen molar-refractivity contribution < 1.29 is 17.9 Å². The molecule has 180 valence electrons. The minimum atomic E-state index is -3.57. The van der Waals surface area contributed by atoms with Gasteiger partial charge < -0.3 is 14.4 Å². The van der Waals surface area contributed by atoms with Gasteiger partial charge in [-0.2, -0.15) is 9.29 Å². The van der Waals surface area contributed by atoms with Crippen molar-refractivity contribution in [3.05, 3.63) is 66.5 Å². The molecule has 1 aliphatic heterocycles. The van der Waals surface area contributed by atoms with Gasteiger partial charge in [-0.1, -0.05) is 31.5 Å². The highest BCUT2D eigenvalue weighted by molar-refractivity contribution is 7.89. The normalized spacial score (nSPS) is 14.7. The van der Waals surface area contributed by atoms with E-state index in [2.05, 4.69) is 21.8 Å². The Morgan fingerprint density at radius 2 is 1.62 bits per heavy atom. The molecule has 4 rings (SSSR count). The van der Waals surface area contributed by atoms with Crippen LogP contribution in [0, 0.1) is 6.92 Å². The number of hydrogen-bond donors (Lipinski definition) is 0. The fourth-order valence-corrected chi connectivity index (χ4v) is 5.12. The summed E-state index contributed by atoms with van der Waals surface area (Å²) >= 11 is 0. The second-order valence-corrected chi connectivity index (χ2v) is 10.0. The molecular formula is C25H30N4O4S. The van der Waals surface area contributed by atoms with E-state index in [-0.39, 0.29) is 4.90 Å². The van der Waals surface area contributed by atoms with Crippen molar-refractivity contribution >= 4 is 15.8 Å². The molecule has 0 atom stereocenters. The van der Waals surface area contributed by atoms with Gasteiger partial charge >= 0.3 is 0 Å². The highest BCUT2D eigenvalue weighted by Gasteiger charge is 2.29. The smallest absolute Gasteiger partial charge is 0.243 e. The third kappa shape index (κ3) is 5.84. The zero-order chi connectivity index (χ0) is 24.0. The van der Waals surface area contributed by atoms with Crippen molar-refractivity contribution in [3.8, 4) is 17.4 Å². The van der Waals surface area contributed by atoms with Gasteiger partial charge in [0, 0.05) is 32.2 Å². The third-order valence-corrected chi connectivity index (χ3v) is 7.47. The molecule has 34 heavy (non-hydrogen) atoms. The van der Waals surface area contributed by atoms with E-state index in [0.29, 0.717) is 56.0 Å². The van der Waals surface area contributed by atoms with Crippen LogP contribution in [-0.4, -0.2) is 55.5 Å². The van der Waals surface area contributed by atoms with Crippen LogP contribution in [0.3, 0.4) is 0 Å². The molecule has 0 amide bonds. The monoisotopic (exact) mass is 482 g/mol. The van der Waals surface area contributed by atoms with Gasteiger partial charge in [0.2, 0.25) is 15.9 Å². The van der Waals surface area contributed by atoms with Crippen LogP contribution in [0.2, 0.25) is 0 Å². The quantitative estimate of drug-likeness (QED) is 0.421. The first-order valence-corrected chi connectivity index (χ1v) is 13.0. The molecular weight excluding hydrogens is 452 g/mol. The number of anilines is 1. The lowest BCUT2D eigenvalue weighted by molar-refractivity contribution is 0.309. The predicted molar refractivity (Wildman–Crippen MR) is 131 cm³/mol. The first kappa shape index (κ1) is 24.0. The number of para-hydroxylation sites is 1. The van der Waals surface area contributed by atoms with E-state index in [4.69, 9.17) is 9.47 Å². The molecule has 0 unspecified atom stereocenters. The predicted octanol–water partition coefficient (Wildman–Crippen LogP) is 4.27. The molecule has 1 fully saturated rings. The average molecular weight is 483 g/mol. The van der Waals surface area contributed by atoms with Crippen molar-refractivity contribution in [1.82, 2.24) is 14.3 Å². The van der Waals surface area contributed by atoms with E-state index in [9.17, 15) is 8.42 Å². The van der Waals surface area contributed by atoms with Crippen molar-refractivity contribution in [1.29, 1.82) is 0 Å². The third-order valence-electron chi connectivity index (χ3n) is 5.56. The second-order valence-electron chi connectivity index (χ2n) is 8.09. The number of nitrogens with zero attached hydrogens (tertiary/aromatic N) is 4. The Morgan fingerprint density at radius 3 is 2.29 bits per heavy atom. The van der Waals surface area contributed by atoms with Crippen molar-refractivity contribution in [2.24, 2.45) is 0 Å². The summed E-state index contributed by atoms with van der Waals surface area (Å²) in [6.45, 7) is 6.34. The summed E-state index contributed by atoms with van der Waals surface area (Å²) in [4.78, 5) is 11.2. The molecule has 0 N–H and O–H groups in total. The Kier molecular flexibility index (Phi) is 7.64. The van der Waals surface area contributed by atoms with Crippen LogP contribution in [0.5, 0.6) is 17.4 Å². The Bertz CT molecular complexity index is 1180. The maximum Gasteiger partial charge on any atom is 0.243 e. The van der Waals surface area contributed by atoms with E-state index in [1.54, 1.807) is 30.3 Å². The lowest BCUT2D eigenvalue weighted by Gasteiger charge is -2.34. The van der Waals surface area contributed by atoms with E-state index in [1.807, 2.05) is 37.3 Å². The molecule has 9 heteroatoms. The number of piperazine rings is 1. The first-order valence-electron chi connectivity index (χ1n) is 11.5. The number of aryl methyl sites for hydroxylation is 1. The van der Waals surface area contributed by atoms with Crippen LogP contribution in [0.25, 0.3) is 0 Å². The minimum absolute atomic E-state index is 0.278. The number of sulfonamides is 1. The Morgan fingerprint density at radius 1 is 0.912 bits per heavy atom. The van der Waals surface area contributed by atoms with E-state index in [1.165, 1.54) is 4.31 Å². The SMILES string of the molecule is CCCCOc1ccc(S(=O)(=O)N2CCN(c3cc(Oc4ccccc4)nc(C)n3)CC2)cc1. The molecule has 0 radical (unpaired) electrons. The summed E-state index contributed by atoms with van der Waals surface area (Å²) in [5.74, 6) is 3.17. The standard InChI is InChI=1S/C25H30N4O4S/c1-3-4-18-32-21-10-12-23(13-11-21)34(30,31)29-16-14-28(15-17-29)24-19-25(27-20(2)26-24)33-22-8-6-5-7-9-22/h5-13,19H,3-4,14-18H2,1-2H3. The van der Waals surface area contributed by atoms with Crippen LogP contribution in [0.4, 0.5) is 5.82 Å². The zero-order valence-electron chi connectivity index (χ0n) is 19.6. The molecule has 1 saturated heterocycles. The maximum atomic E-state index is 13.1. The molecule has 8 nitrogen and oxygen atoms in total. The summed E-state index contributed by atoms with van der Waals surface area (Å²) in [6, 6.07) is 17.9. The summed E-state index contributed by atoms with van der Waals surface area (Å²) in [5, 5.41) is 0. The number of aromatic nitrogens is 2. The van der Waals surface area contributed by atoms with Gasteiger partial charge in [0.1, 0.15) is 23.1 Å². The second kappa shape index (κ2) is 10.8. The first-order chi connectivity index (χ1) is 16.5. The van der Waals surface area contributed by atoms with E-state index >= 15 is 0 Å². The lowest BCUT2D eigenvalue weighted by atomic mass is 10.3. The topological polar surface area (TPSA) is 84.9 Å².